The van der Waals surface area contributed by atoms with Crippen LogP contribution in [0.2, 0.25) is 0 Å². The minimum Gasteiger partial charge on any atom is -0.349 e. The molecule has 0 aromatic carbocycles. The van der Waals surface area contributed by atoms with E-state index in [0.29, 0.717) is 6.04 Å². The number of carbonyl (C=O) groups excluding carboxylic acids is 1. The van der Waals surface area contributed by atoms with Gasteiger partial charge in [0.1, 0.15) is 0 Å². The van der Waals surface area contributed by atoms with Gasteiger partial charge in [-0.1, -0.05) is 0 Å². The molecule has 4 nitrogen and oxygen atoms in total. The Kier molecular flexibility index (Phi) is 3.89. The summed E-state index contributed by atoms with van der Waals surface area (Å²) in [5, 5.41) is 3.33. The lowest BCUT2D eigenvalue weighted by molar-refractivity contribution is -0.135. The van der Waals surface area contributed by atoms with Crippen LogP contribution >= 0.6 is 0 Å². The van der Waals surface area contributed by atoms with Gasteiger partial charge in [-0.25, -0.2) is 0 Å². The largest absolute Gasteiger partial charge is 0.349 e. The average molecular weight is 199 g/mol. The standard InChI is InChI=1S/C10H21N3O/c1-12(2)9-7-11-6-5-8(9)10(14)13(3)4/h8-9,11H,5-7H2,1-4H3/t8-,9+/m0/s1. The van der Waals surface area contributed by atoms with E-state index >= 15 is 0 Å². The smallest absolute Gasteiger partial charge is 0.226 e. The molecule has 1 rings (SSSR count). The monoisotopic (exact) mass is 199 g/mol. The van der Waals surface area contributed by atoms with E-state index < -0.39 is 0 Å². The van der Waals surface area contributed by atoms with Gasteiger partial charge in [-0.05, 0) is 27.1 Å². The SMILES string of the molecule is CN(C)C(=O)[C@H]1CCNC[C@H]1N(C)C. The molecule has 0 aromatic rings. The molecule has 1 heterocycles. The second-order valence-corrected chi connectivity index (χ2v) is 4.36. The van der Waals surface area contributed by atoms with Gasteiger partial charge in [0.25, 0.3) is 0 Å². The third-order valence-corrected chi connectivity index (χ3v) is 2.87. The zero-order valence-corrected chi connectivity index (χ0v) is 9.58. The van der Waals surface area contributed by atoms with Gasteiger partial charge >= 0.3 is 0 Å². The third-order valence-electron chi connectivity index (χ3n) is 2.87. The Morgan fingerprint density at radius 2 is 1.93 bits per heavy atom. The number of hydrogen-bond acceptors (Lipinski definition) is 3. The van der Waals surface area contributed by atoms with Gasteiger partial charge < -0.3 is 15.1 Å². The fourth-order valence-corrected chi connectivity index (χ4v) is 2.00. The number of hydrogen-bond donors (Lipinski definition) is 1. The van der Waals surface area contributed by atoms with E-state index in [1.807, 2.05) is 28.2 Å². The molecule has 0 spiro atoms. The average Bonchev–Trinajstić information content (AvgIpc) is 2.16. The number of likely N-dealkylation sites (N-methyl/N-ethyl adjacent to an activating group) is 1. The summed E-state index contributed by atoms with van der Waals surface area (Å²) in [5.74, 6) is 0.409. The predicted molar refractivity (Wildman–Crippen MR) is 57.1 cm³/mol. The molecule has 82 valence electrons. The molecular weight excluding hydrogens is 178 g/mol. The molecule has 14 heavy (non-hydrogen) atoms. The van der Waals surface area contributed by atoms with Crippen molar-refractivity contribution in [2.45, 2.75) is 12.5 Å². The van der Waals surface area contributed by atoms with Crippen molar-refractivity contribution in [3.8, 4) is 0 Å². The number of nitrogens with zero attached hydrogens (tertiary/aromatic N) is 2. The Labute approximate surface area is 86.2 Å². The molecule has 1 N–H and O–H groups in total. The lowest BCUT2D eigenvalue weighted by Gasteiger charge is -2.36. The maximum Gasteiger partial charge on any atom is 0.226 e. The maximum atomic E-state index is 11.9. The zero-order chi connectivity index (χ0) is 10.7. The van der Waals surface area contributed by atoms with Crippen LogP contribution in [0.25, 0.3) is 0 Å². The first-order valence-corrected chi connectivity index (χ1v) is 5.12. The number of carbonyl (C=O) groups is 1. The van der Waals surface area contributed by atoms with Crippen molar-refractivity contribution in [2.75, 3.05) is 41.3 Å². The Balaban J connectivity index is 2.67. The van der Waals surface area contributed by atoms with Crippen molar-refractivity contribution in [1.29, 1.82) is 0 Å². The molecule has 1 saturated heterocycles. The highest BCUT2D eigenvalue weighted by molar-refractivity contribution is 5.79. The highest BCUT2D eigenvalue weighted by Gasteiger charge is 2.32. The van der Waals surface area contributed by atoms with Crippen LogP contribution in [0.3, 0.4) is 0 Å². The van der Waals surface area contributed by atoms with E-state index in [9.17, 15) is 4.79 Å². The van der Waals surface area contributed by atoms with Gasteiger partial charge in [0.05, 0.1) is 5.92 Å². The summed E-state index contributed by atoms with van der Waals surface area (Å²) in [6, 6.07) is 0.332. The third kappa shape index (κ3) is 2.45. The lowest BCUT2D eigenvalue weighted by Crippen LogP contribution is -2.53. The maximum absolute atomic E-state index is 11.9. The molecule has 0 aromatic heterocycles. The Bertz CT molecular complexity index is 204. The molecule has 1 aliphatic heterocycles. The first-order valence-electron chi connectivity index (χ1n) is 5.12. The molecule has 0 unspecified atom stereocenters. The van der Waals surface area contributed by atoms with Gasteiger partial charge in [0.15, 0.2) is 0 Å². The molecule has 0 bridgehead atoms. The first kappa shape index (κ1) is 11.5. The fourth-order valence-electron chi connectivity index (χ4n) is 2.00. The lowest BCUT2D eigenvalue weighted by atomic mass is 9.91. The van der Waals surface area contributed by atoms with Crippen molar-refractivity contribution in [1.82, 2.24) is 15.1 Å². The number of amides is 1. The van der Waals surface area contributed by atoms with E-state index in [4.69, 9.17) is 0 Å². The molecule has 1 fully saturated rings. The van der Waals surface area contributed by atoms with Crippen LogP contribution in [0, 0.1) is 5.92 Å². The molecule has 0 aliphatic carbocycles. The highest BCUT2D eigenvalue weighted by Crippen LogP contribution is 2.18. The summed E-state index contributed by atoms with van der Waals surface area (Å²) >= 11 is 0. The molecule has 2 atom stereocenters. The quantitative estimate of drug-likeness (QED) is 0.658. The molecule has 1 amide bonds. The van der Waals surface area contributed by atoms with Crippen molar-refractivity contribution < 1.29 is 4.79 Å². The predicted octanol–water partition coefficient (Wildman–Crippen LogP) is -0.386. The summed E-state index contributed by atoms with van der Waals surface area (Å²) in [6.45, 7) is 1.87. The minimum absolute atomic E-state index is 0.154. The van der Waals surface area contributed by atoms with E-state index in [-0.39, 0.29) is 11.8 Å². The van der Waals surface area contributed by atoms with Gasteiger partial charge in [-0.3, -0.25) is 4.79 Å². The van der Waals surface area contributed by atoms with Crippen LogP contribution in [-0.4, -0.2) is 63.0 Å². The zero-order valence-electron chi connectivity index (χ0n) is 9.58. The van der Waals surface area contributed by atoms with Crippen molar-refractivity contribution in [3.05, 3.63) is 0 Å². The highest BCUT2D eigenvalue weighted by atomic mass is 16.2. The van der Waals surface area contributed by atoms with Crippen LogP contribution in [0.5, 0.6) is 0 Å². The molecule has 1 aliphatic rings. The van der Waals surface area contributed by atoms with E-state index in [0.717, 1.165) is 19.5 Å². The van der Waals surface area contributed by atoms with Gasteiger partial charge in [-0.15, -0.1) is 0 Å². The van der Waals surface area contributed by atoms with Crippen LogP contribution in [0.1, 0.15) is 6.42 Å². The van der Waals surface area contributed by atoms with Gasteiger partial charge in [-0.2, -0.15) is 0 Å². The fraction of sp³-hybridized carbons (Fsp3) is 0.900. The molecule has 4 heteroatoms. The summed E-state index contributed by atoms with van der Waals surface area (Å²) < 4.78 is 0. The Morgan fingerprint density at radius 3 is 2.43 bits per heavy atom. The number of nitrogens with one attached hydrogen (secondary N) is 1. The van der Waals surface area contributed by atoms with Crippen LogP contribution in [-0.2, 0) is 4.79 Å². The summed E-state index contributed by atoms with van der Waals surface area (Å²) in [5.41, 5.74) is 0. The van der Waals surface area contributed by atoms with Gasteiger partial charge in [0, 0.05) is 26.7 Å². The Morgan fingerprint density at radius 1 is 1.29 bits per heavy atom. The van der Waals surface area contributed by atoms with Crippen LogP contribution in [0.15, 0.2) is 0 Å². The minimum atomic E-state index is 0.154. The van der Waals surface area contributed by atoms with E-state index in [1.54, 1.807) is 4.90 Å². The summed E-state index contributed by atoms with van der Waals surface area (Å²) in [7, 11) is 7.73. The van der Waals surface area contributed by atoms with E-state index in [2.05, 4.69) is 10.2 Å². The second-order valence-electron chi connectivity index (χ2n) is 4.36. The van der Waals surface area contributed by atoms with Crippen molar-refractivity contribution >= 4 is 5.91 Å². The number of rotatable bonds is 2. The second kappa shape index (κ2) is 4.75. The molecular formula is C10H21N3O. The van der Waals surface area contributed by atoms with Crippen molar-refractivity contribution in [2.24, 2.45) is 5.92 Å². The first-order chi connectivity index (χ1) is 6.54. The normalized spacial score (nSPS) is 27.8. The molecule has 0 radical (unpaired) electrons. The Hall–Kier alpha value is -0.610. The summed E-state index contributed by atoms with van der Waals surface area (Å²) in [6.07, 6.45) is 0.944. The summed E-state index contributed by atoms with van der Waals surface area (Å²) in [4.78, 5) is 15.7. The number of piperidine rings is 1. The van der Waals surface area contributed by atoms with Crippen LogP contribution in [0.4, 0.5) is 0 Å². The topological polar surface area (TPSA) is 35.6 Å². The molecule has 0 saturated carbocycles. The van der Waals surface area contributed by atoms with Gasteiger partial charge in [0.2, 0.25) is 5.91 Å². The van der Waals surface area contributed by atoms with Crippen molar-refractivity contribution in [3.63, 3.8) is 0 Å². The van der Waals surface area contributed by atoms with E-state index in [1.165, 1.54) is 0 Å². The van der Waals surface area contributed by atoms with Crippen LogP contribution < -0.4 is 5.32 Å².